The van der Waals surface area contributed by atoms with Gasteiger partial charge in [-0.1, -0.05) is 40.2 Å². The number of carbonyl (C=O) groups is 2. The van der Waals surface area contributed by atoms with Crippen molar-refractivity contribution in [2.24, 2.45) is 0 Å². The minimum Gasteiger partial charge on any atom is -0.491 e. The molecular formula is C36H29BrF6N6O5. The van der Waals surface area contributed by atoms with E-state index in [4.69, 9.17) is 4.74 Å². The number of aromatic nitrogens is 4. The number of nitrogens with zero attached hydrogens (tertiary/aromatic N) is 5. The van der Waals surface area contributed by atoms with Crippen LogP contribution < -0.4 is 15.7 Å². The van der Waals surface area contributed by atoms with Gasteiger partial charge >= 0.3 is 18.0 Å². The molecule has 0 radical (unpaired) electrons. The van der Waals surface area contributed by atoms with Gasteiger partial charge in [-0.05, 0) is 61.0 Å². The first-order valence-corrected chi connectivity index (χ1v) is 17.0. The topological polar surface area (TPSA) is 132 Å². The Labute approximate surface area is 311 Å². The smallest absolute Gasteiger partial charge is 0.417 e. The van der Waals surface area contributed by atoms with E-state index < -0.39 is 54.2 Å². The lowest BCUT2D eigenvalue weighted by Gasteiger charge is -2.34. The SMILES string of the molecule is C[C@@H]1Cn2c(c(C(=O)NCc3ccccc3-c3ncccn3)n(-c3ccc(OC[C@@H](O)C(F)(F)F)cc3)c2=O)CN1C(=O)c1ccc(Br)c(C(F)(F)F)c1. The van der Waals surface area contributed by atoms with Gasteiger partial charge in [0.25, 0.3) is 11.8 Å². The molecule has 0 saturated heterocycles. The van der Waals surface area contributed by atoms with E-state index in [9.17, 15) is 45.8 Å². The largest absolute Gasteiger partial charge is 0.491 e. The van der Waals surface area contributed by atoms with Crippen LogP contribution >= 0.6 is 15.9 Å². The van der Waals surface area contributed by atoms with Gasteiger partial charge in [-0.25, -0.2) is 14.8 Å². The van der Waals surface area contributed by atoms with Crippen molar-refractivity contribution in [3.8, 4) is 22.8 Å². The molecule has 0 spiro atoms. The van der Waals surface area contributed by atoms with Crippen LogP contribution in [0.3, 0.4) is 0 Å². The predicted octanol–water partition coefficient (Wildman–Crippen LogP) is 6.15. The first-order valence-electron chi connectivity index (χ1n) is 16.2. The zero-order valence-electron chi connectivity index (χ0n) is 28.0. The van der Waals surface area contributed by atoms with Crippen molar-refractivity contribution in [3.05, 3.63) is 128 Å². The molecule has 0 aliphatic carbocycles. The predicted molar refractivity (Wildman–Crippen MR) is 185 cm³/mol. The molecule has 18 heteroatoms. The average molecular weight is 820 g/mol. The van der Waals surface area contributed by atoms with Gasteiger partial charge in [-0.15, -0.1) is 0 Å². The van der Waals surface area contributed by atoms with Crippen molar-refractivity contribution >= 4 is 27.7 Å². The normalized spacial score (nSPS) is 15.1. The van der Waals surface area contributed by atoms with Crippen LogP contribution in [-0.2, 0) is 25.8 Å². The van der Waals surface area contributed by atoms with E-state index in [0.717, 1.165) is 16.7 Å². The highest BCUT2D eigenvalue weighted by Crippen LogP contribution is 2.36. The quantitative estimate of drug-likeness (QED) is 0.171. The lowest BCUT2D eigenvalue weighted by Crippen LogP contribution is -2.47. The van der Waals surface area contributed by atoms with Gasteiger partial charge in [0.05, 0.1) is 23.5 Å². The number of halogens is 7. The van der Waals surface area contributed by atoms with Crippen molar-refractivity contribution < 1.29 is 45.8 Å². The van der Waals surface area contributed by atoms with E-state index in [1.54, 1.807) is 49.6 Å². The van der Waals surface area contributed by atoms with Crippen molar-refractivity contribution in [2.75, 3.05) is 6.61 Å². The fourth-order valence-corrected chi connectivity index (χ4v) is 6.43. The zero-order chi connectivity index (χ0) is 38.9. The second kappa shape index (κ2) is 15.1. The summed E-state index contributed by atoms with van der Waals surface area (Å²) in [7, 11) is 0. The Morgan fingerprint density at radius 3 is 2.35 bits per heavy atom. The number of hydrogen-bond donors (Lipinski definition) is 2. The number of fused-ring (bicyclic) bond motifs is 1. The van der Waals surface area contributed by atoms with Gasteiger partial charge in [0, 0.05) is 47.1 Å². The second-order valence-corrected chi connectivity index (χ2v) is 13.1. The van der Waals surface area contributed by atoms with Crippen LogP contribution in [0.4, 0.5) is 26.3 Å². The highest BCUT2D eigenvalue weighted by molar-refractivity contribution is 9.10. The number of amides is 2. The van der Waals surface area contributed by atoms with Gasteiger partial charge in [0.15, 0.2) is 11.9 Å². The Kier molecular flexibility index (Phi) is 10.7. The number of aliphatic hydroxyl groups is 1. The average Bonchev–Trinajstić information content (AvgIpc) is 3.42. The molecule has 1 aliphatic heterocycles. The van der Waals surface area contributed by atoms with Crippen LogP contribution in [-0.4, -0.2) is 65.9 Å². The fourth-order valence-electron chi connectivity index (χ4n) is 5.95. The maximum Gasteiger partial charge on any atom is 0.417 e. The van der Waals surface area contributed by atoms with Crippen molar-refractivity contribution in [1.29, 1.82) is 0 Å². The molecule has 2 amide bonds. The molecule has 6 rings (SSSR count). The summed E-state index contributed by atoms with van der Waals surface area (Å²) >= 11 is 2.88. The zero-order valence-corrected chi connectivity index (χ0v) is 29.6. The maximum atomic E-state index is 14.2. The van der Waals surface area contributed by atoms with Gasteiger partial charge in [0.2, 0.25) is 0 Å². The summed E-state index contributed by atoms with van der Waals surface area (Å²) in [4.78, 5) is 51.9. The highest BCUT2D eigenvalue weighted by Gasteiger charge is 2.39. The van der Waals surface area contributed by atoms with Crippen molar-refractivity contribution in [2.45, 2.75) is 51.1 Å². The van der Waals surface area contributed by atoms with Crippen LogP contribution in [0.2, 0.25) is 0 Å². The Morgan fingerprint density at radius 1 is 1.00 bits per heavy atom. The second-order valence-electron chi connectivity index (χ2n) is 12.3. The molecule has 54 heavy (non-hydrogen) atoms. The van der Waals surface area contributed by atoms with E-state index in [1.807, 2.05) is 0 Å². The third-order valence-corrected chi connectivity index (χ3v) is 9.37. The molecule has 2 N–H and O–H groups in total. The molecule has 11 nitrogen and oxygen atoms in total. The maximum absolute atomic E-state index is 14.2. The molecule has 1 aliphatic rings. The molecule has 0 bridgehead atoms. The number of carbonyl (C=O) groups excluding carboxylic acids is 2. The van der Waals surface area contributed by atoms with Crippen molar-refractivity contribution in [3.63, 3.8) is 0 Å². The van der Waals surface area contributed by atoms with E-state index in [-0.39, 0.29) is 52.5 Å². The number of rotatable bonds is 9. The Hall–Kier alpha value is -5.49. The number of imidazole rings is 1. The molecule has 282 valence electrons. The van der Waals surface area contributed by atoms with E-state index >= 15 is 0 Å². The summed E-state index contributed by atoms with van der Waals surface area (Å²) < 4.78 is 86.7. The van der Waals surface area contributed by atoms with Crippen LogP contribution in [0.25, 0.3) is 17.1 Å². The third-order valence-electron chi connectivity index (χ3n) is 8.68. The molecule has 5 aromatic rings. The Morgan fingerprint density at radius 2 is 1.69 bits per heavy atom. The van der Waals surface area contributed by atoms with Crippen LogP contribution in [0, 0.1) is 0 Å². The minimum atomic E-state index is -4.90. The van der Waals surface area contributed by atoms with E-state index in [2.05, 4.69) is 31.2 Å². The minimum absolute atomic E-state index is 0.0570. The molecule has 0 saturated carbocycles. The number of alkyl halides is 6. The van der Waals surface area contributed by atoms with Crippen molar-refractivity contribution in [1.82, 2.24) is 29.3 Å². The Balaban J connectivity index is 1.37. The summed E-state index contributed by atoms with van der Waals surface area (Å²) in [5.41, 5.74) is -0.732. The molecule has 2 atom stereocenters. The molecule has 3 heterocycles. The number of benzene rings is 3. The van der Waals surface area contributed by atoms with E-state index in [1.165, 1.54) is 39.8 Å². The lowest BCUT2D eigenvalue weighted by atomic mass is 10.1. The van der Waals surface area contributed by atoms with Gasteiger partial charge in [0.1, 0.15) is 18.1 Å². The first-order chi connectivity index (χ1) is 25.5. The Bertz CT molecular complexity index is 2240. The van der Waals surface area contributed by atoms with E-state index in [0.29, 0.717) is 17.0 Å². The summed E-state index contributed by atoms with van der Waals surface area (Å²) in [6.45, 7) is 0.00149. The number of nitrogens with one attached hydrogen (secondary N) is 1. The monoisotopic (exact) mass is 818 g/mol. The number of hydrogen-bond acceptors (Lipinski definition) is 7. The first kappa shape index (κ1) is 38.2. The third kappa shape index (κ3) is 7.89. The highest BCUT2D eigenvalue weighted by atomic mass is 79.9. The number of ether oxygens (including phenoxy) is 1. The number of aliphatic hydroxyl groups excluding tert-OH is 1. The van der Waals surface area contributed by atoms with Crippen LogP contribution in [0.1, 0.15) is 44.6 Å². The summed E-state index contributed by atoms with van der Waals surface area (Å²) in [5.74, 6) is -1.18. The summed E-state index contributed by atoms with van der Waals surface area (Å²) in [6, 6.07) is 16.2. The summed E-state index contributed by atoms with van der Waals surface area (Å²) in [5, 5.41) is 12.1. The molecular weight excluding hydrogens is 790 g/mol. The van der Waals surface area contributed by atoms with Crippen LogP contribution in [0.5, 0.6) is 5.75 Å². The fraction of sp³-hybridized carbons (Fsp3) is 0.250. The van der Waals surface area contributed by atoms with Crippen LogP contribution in [0.15, 0.2) is 94.5 Å². The molecule has 2 aromatic heterocycles. The standard InChI is InChI=1S/C36H29BrF6N6O5/c1-20-17-48-28(18-47(20)33(52)21-7-12-27(37)26(15-21)35(38,39)40)30(32(51)46-16-22-5-2-3-6-25(22)31-44-13-4-14-45-31)49(34(48)53)23-8-10-24(11-9-23)54-19-29(50)36(41,42)43/h2-15,20,29,50H,16-19H2,1H3,(H,46,51)/t20-,29-/m1/s1. The summed E-state index contributed by atoms with van der Waals surface area (Å²) in [6.07, 6.45) is -9.28. The molecule has 0 fully saturated rings. The van der Waals surface area contributed by atoms with Gasteiger partial charge in [-0.2, -0.15) is 26.3 Å². The molecule has 0 unspecified atom stereocenters. The molecule has 3 aromatic carbocycles. The van der Waals surface area contributed by atoms with Gasteiger partial charge < -0.3 is 20.1 Å². The lowest BCUT2D eigenvalue weighted by molar-refractivity contribution is -0.210. The van der Waals surface area contributed by atoms with Gasteiger partial charge in [-0.3, -0.25) is 18.7 Å².